The quantitative estimate of drug-likeness (QED) is 0.561. The molecule has 26 heavy (non-hydrogen) atoms. The molecule has 3 aromatic rings. The van der Waals surface area contributed by atoms with Gasteiger partial charge in [0.2, 0.25) is 0 Å². The molecule has 2 N–H and O–H groups in total. The van der Waals surface area contributed by atoms with E-state index in [1.165, 1.54) is 0 Å². The van der Waals surface area contributed by atoms with Gasteiger partial charge >= 0.3 is 0 Å². The third kappa shape index (κ3) is 3.27. The molecule has 0 saturated carbocycles. The van der Waals surface area contributed by atoms with Crippen molar-refractivity contribution in [3.8, 4) is 11.5 Å². The molecule has 3 rings (SSSR count). The second-order valence-corrected chi connectivity index (χ2v) is 6.17. The van der Waals surface area contributed by atoms with E-state index in [4.69, 9.17) is 0 Å². The van der Waals surface area contributed by atoms with E-state index < -0.39 is 0 Å². The van der Waals surface area contributed by atoms with Gasteiger partial charge < -0.3 is 10.2 Å². The van der Waals surface area contributed by atoms with Crippen molar-refractivity contribution < 1.29 is 10.2 Å². The van der Waals surface area contributed by atoms with Crippen molar-refractivity contribution in [1.29, 1.82) is 0 Å². The molecule has 3 aromatic carbocycles. The van der Waals surface area contributed by atoms with Gasteiger partial charge in [0.05, 0.1) is 0 Å². The van der Waals surface area contributed by atoms with Crippen LogP contribution in [-0.2, 0) is 0 Å². The first-order chi connectivity index (χ1) is 12.7. The highest BCUT2D eigenvalue weighted by atomic mass is 16.3. The molecule has 0 aliphatic heterocycles. The fourth-order valence-electron chi connectivity index (χ4n) is 3.42. The number of aromatic hydroxyl groups is 2. The molecule has 0 amide bonds. The molecule has 0 spiro atoms. The zero-order valence-electron chi connectivity index (χ0n) is 14.5. The number of benzene rings is 3. The Morgan fingerprint density at radius 2 is 0.846 bits per heavy atom. The lowest BCUT2D eigenvalue weighted by Gasteiger charge is -2.23. The molecule has 0 aliphatic carbocycles. The van der Waals surface area contributed by atoms with Crippen LogP contribution in [0.2, 0.25) is 0 Å². The first-order valence-corrected chi connectivity index (χ1v) is 8.57. The molecule has 2 heteroatoms. The summed E-state index contributed by atoms with van der Waals surface area (Å²) in [5.74, 6) is 0.149. The molecule has 2 unspecified atom stereocenters. The predicted molar refractivity (Wildman–Crippen MR) is 107 cm³/mol. The zero-order valence-corrected chi connectivity index (χ0v) is 14.5. The Morgan fingerprint density at radius 1 is 0.538 bits per heavy atom. The minimum Gasteiger partial charge on any atom is -0.508 e. The summed E-state index contributed by atoms with van der Waals surface area (Å²) in [6.45, 7) is 7.97. The van der Waals surface area contributed by atoms with Crippen LogP contribution >= 0.6 is 0 Å². The number of para-hydroxylation sites is 2. The largest absolute Gasteiger partial charge is 0.508 e. The SMILES string of the molecule is C=CC(c1ccccc1O)c1ccccc1C(C=C)c1ccccc1O. The average molecular weight is 342 g/mol. The summed E-state index contributed by atoms with van der Waals surface area (Å²) in [4.78, 5) is 0. The number of hydrogen-bond donors (Lipinski definition) is 2. The predicted octanol–water partition coefficient (Wildman–Crippen LogP) is 5.73. The molecule has 0 fully saturated rings. The third-order valence-electron chi connectivity index (χ3n) is 4.68. The van der Waals surface area contributed by atoms with E-state index in [1.807, 2.05) is 60.7 Å². The summed E-state index contributed by atoms with van der Waals surface area (Å²) in [6, 6.07) is 22.6. The molecular weight excluding hydrogens is 320 g/mol. The minimum atomic E-state index is -0.166. The molecular formula is C24H22O2. The summed E-state index contributed by atoms with van der Waals surface area (Å²) < 4.78 is 0. The van der Waals surface area contributed by atoms with Gasteiger partial charge in [-0.3, -0.25) is 0 Å². The van der Waals surface area contributed by atoms with Gasteiger partial charge in [0, 0.05) is 23.0 Å². The number of phenolic OH excluding ortho intramolecular Hbond substituents is 2. The maximum atomic E-state index is 10.3. The Hall–Kier alpha value is -3.26. The van der Waals surface area contributed by atoms with Crippen LogP contribution in [0.1, 0.15) is 34.1 Å². The first kappa shape index (κ1) is 17.6. The van der Waals surface area contributed by atoms with Gasteiger partial charge in [-0.05, 0) is 23.3 Å². The van der Waals surface area contributed by atoms with Gasteiger partial charge in [-0.1, -0.05) is 72.8 Å². The van der Waals surface area contributed by atoms with Gasteiger partial charge in [-0.25, -0.2) is 0 Å². The smallest absolute Gasteiger partial charge is 0.119 e. The molecule has 2 atom stereocenters. The monoisotopic (exact) mass is 342 g/mol. The van der Waals surface area contributed by atoms with Crippen LogP contribution in [0.4, 0.5) is 0 Å². The minimum absolute atomic E-state index is 0.166. The third-order valence-corrected chi connectivity index (χ3v) is 4.68. The summed E-state index contributed by atoms with van der Waals surface area (Å²) in [5.41, 5.74) is 3.65. The van der Waals surface area contributed by atoms with Crippen LogP contribution < -0.4 is 0 Å². The lowest BCUT2D eigenvalue weighted by Crippen LogP contribution is -2.07. The van der Waals surface area contributed by atoms with Crippen LogP contribution in [0.3, 0.4) is 0 Å². The van der Waals surface area contributed by atoms with E-state index in [0.29, 0.717) is 0 Å². The van der Waals surface area contributed by atoms with E-state index in [1.54, 1.807) is 24.3 Å². The molecule has 130 valence electrons. The van der Waals surface area contributed by atoms with Crippen molar-refractivity contribution in [3.05, 3.63) is 120 Å². The maximum Gasteiger partial charge on any atom is 0.119 e. The summed E-state index contributed by atoms with van der Waals surface area (Å²) in [5, 5.41) is 20.6. The normalized spacial score (nSPS) is 12.9. The van der Waals surface area contributed by atoms with Crippen molar-refractivity contribution in [2.24, 2.45) is 0 Å². The van der Waals surface area contributed by atoms with Crippen molar-refractivity contribution in [3.63, 3.8) is 0 Å². The fraction of sp³-hybridized carbons (Fsp3) is 0.0833. The van der Waals surface area contributed by atoms with Crippen LogP contribution in [0.5, 0.6) is 11.5 Å². The lowest BCUT2D eigenvalue weighted by atomic mass is 9.81. The van der Waals surface area contributed by atoms with E-state index >= 15 is 0 Å². The van der Waals surface area contributed by atoms with E-state index in [-0.39, 0.29) is 23.3 Å². The molecule has 2 nitrogen and oxygen atoms in total. The number of hydrogen-bond acceptors (Lipinski definition) is 2. The molecule has 0 bridgehead atoms. The second kappa shape index (κ2) is 7.75. The van der Waals surface area contributed by atoms with Gasteiger partial charge in [0.1, 0.15) is 11.5 Å². The summed E-state index contributed by atoms with van der Waals surface area (Å²) in [6.07, 6.45) is 3.66. The molecule has 0 saturated heterocycles. The fourth-order valence-corrected chi connectivity index (χ4v) is 3.42. The van der Waals surface area contributed by atoms with Crippen molar-refractivity contribution in [2.75, 3.05) is 0 Å². The van der Waals surface area contributed by atoms with Crippen LogP contribution in [0, 0.1) is 0 Å². The maximum absolute atomic E-state index is 10.3. The number of allylic oxidation sites excluding steroid dienone is 2. The first-order valence-electron chi connectivity index (χ1n) is 8.57. The molecule has 0 heterocycles. The Balaban J connectivity index is 2.16. The summed E-state index contributed by atoms with van der Waals surface area (Å²) >= 11 is 0. The van der Waals surface area contributed by atoms with Crippen LogP contribution in [-0.4, -0.2) is 10.2 Å². The number of phenols is 2. The van der Waals surface area contributed by atoms with E-state index in [2.05, 4.69) is 13.2 Å². The Kier molecular flexibility index (Phi) is 5.23. The van der Waals surface area contributed by atoms with E-state index in [0.717, 1.165) is 22.3 Å². The lowest BCUT2D eigenvalue weighted by molar-refractivity contribution is 0.466. The van der Waals surface area contributed by atoms with Crippen molar-refractivity contribution in [2.45, 2.75) is 11.8 Å². The Bertz CT molecular complexity index is 850. The average Bonchev–Trinajstić information content (AvgIpc) is 2.67. The molecule has 0 aromatic heterocycles. The van der Waals surface area contributed by atoms with Gasteiger partial charge in [0.15, 0.2) is 0 Å². The highest BCUT2D eigenvalue weighted by Gasteiger charge is 2.22. The highest BCUT2D eigenvalue weighted by molar-refractivity contribution is 5.52. The van der Waals surface area contributed by atoms with Crippen LogP contribution in [0.15, 0.2) is 98.1 Å². The van der Waals surface area contributed by atoms with Gasteiger partial charge in [-0.2, -0.15) is 0 Å². The van der Waals surface area contributed by atoms with Crippen LogP contribution in [0.25, 0.3) is 0 Å². The zero-order chi connectivity index (χ0) is 18.5. The Morgan fingerprint density at radius 3 is 1.15 bits per heavy atom. The van der Waals surface area contributed by atoms with Gasteiger partial charge in [-0.15, -0.1) is 13.2 Å². The number of rotatable bonds is 6. The van der Waals surface area contributed by atoms with E-state index in [9.17, 15) is 10.2 Å². The topological polar surface area (TPSA) is 40.5 Å². The standard InChI is InChI=1S/C24H22O2/c1-3-17(21-13-7-9-15-23(21)25)19-11-5-6-12-20(19)18(4-2)22-14-8-10-16-24(22)26/h3-18,25-26H,1-2H2. The molecule has 0 aliphatic rings. The Labute approximate surface area is 154 Å². The highest BCUT2D eigenvalue weighted by Crippen LogP contribution is 2.39. The van der Waals surface area contributed by atoms with Gasteiger partial charge in [0.25, 0.3) is 0 Å². The van der Waals surface area contributed by atoms with Crippen molar-refractivity contribution >= 4 is 0 Å². The second-order valence-electron chi connectivity index (χ2n) is 6.17. The summed E-state index contributed by atoms with van der Waals surface area (Å²) in [7, 11) is 0. The van der Waals surface area contributed by atoms with Crippen molar-refractivity contribution in [1.82, 2.24) is 0 Å². The molecule has 0 radical (unpaired) electrons.